The first kappa shape index (κ1) is 39.6. The number of carbonyl (C=O) groups is 1. The highest BCUT2D eigenvalue weighted by atomic mass is 16.8. The maximum Gasteiger partial charge on any atom is 0.331 e. The third-order valence-corrected chi connectivity index (χ3v) is 15.9. The van der Waals surface area contributed by atoms with Crippen molar-refractivity contribution in [3.8, 4) is 0 Å². The van der Waals surface area contributed by atoms with Crippen LogP contribution in [0.15, 0.2) is 11.6 Å². The van der Waals surface area contributed by atoms with Crippen molar-refractivity contribution in [3.63, 3.8) is 0 Å². The Balaban J connectivity index is 0.826. The van der Waals surface area contributed by atoms with Gasteiger partial charge < -0.3 is 58.7 Å². The summed E-state index contributed by atoms with van der Waals surface area (Å²) >= 11 is 0. The number of aliphatic hydroxyl groups is 5. The molecule has 5 N–H and O–H groups in total. The lowest BCUT2D eigenvalue weighted by Gasteiger charge is -2.64. The molecule has 20 atom stereocenters. The first-order valence-corrected chi connectivity index (χ1v) is 20.8. The SMILES string of the molecule is C[C@H]1C[C@H](O[C@H]2[C@@H](O)C[C@H](O[C@H]3CC[C@@]4(C)[C@@H](CCC5[C@@H]4CC[C@]4(C)[C@@H](C6=CC(=O)OC6)CC[C@]54O)C3)O[C@@H]2C)O[C@H](O)[C@H]1OC1C[C@H](O)[C@H](O)[C@@H](C)O1. The lowest BCUT2D eigenvalue weighted by molar-refractivity contribution is -0.360. The van der Waals surface area contributed by atoms with Crippen molar-refractivity contribution in [2.24, 2.45) is 40.4 Å². The maximum absolute atomic E-state index is 12.6. The van der Waals surface area contributed by atoms with Gasteiger partial charge in [0.2, 0.25) is 0 Å². The summed E-state index contributed by atoms with van der Waals surface area (Å²) in [4.78, 5) is 11.9. The number of aliphatic hydroxyl groups excluding tert-OH is 4. The third kappa shape index (κ3) is 6.82. The highest BCUT2D eigenvalue weighted by Gasteiger charge is 2.68. The van der Waals surface area contributed by atoms with Crippen LogP contribution in [0.2, 0.25) is 0 Å². The average molecular weight is 765 g/mol. The zero-order valence-corrected chi connectivity index (χ0v) is 32.6. The minimum absolute atomic E-state index is 0.0243. The van der Waals surface area contributed by atoms with E-state index in [0.717, 1.165) is 63.4 Å². The maximum atomic E-state index is 12.6. The zero-order valence-electron chi connectivity index (χ0n) is 32.6. The summed E-state index contributed by atoms with van der Waals surface area (Å²) in [5, 5.41) is 54.8. The lowest BCUT2D eigenvalue weighted by atomic mass is 9.43. The van der Waals surface area contributed by atoms with Crippen molar-refractivity contribution in [2.45, 2.75) is 191 Å². The summed E-state index contributed by atoms with van der Waals surface area (Å²) in [5.41, 5.74) is 0.215. The molecule has 8 aliphatic rings. The number of rotatable bonds is 7. The van der Waals surface area contributed by atoms with Gasteiger partial charge in [-0.3, -0.25) is 0 Å². The number of fused-ring (bicyclic) bond motifs is 5. The number of hydrogen-bond donors (Lipinski definition) is 5. The molecule has 13 heteroatoms. The fourth-order valence-electron chi connectivity index (χ4n) is 12.8. The summed E-state index contributed by atoms with van der Waals surface area (Å²) in [6.07, 6.45) is 2.37. The van der Waals surface area contributed by atoms with E-state index in [4.69, 9.17) is 33.2 Å². The molecule has 4 aliphatic carbocycles. The molecule has 8 rings (SSSR count). The fraction of sp³-hybridized carbons (Fsp3) is 0.927. The van der Waals surface area contributed by atoms with Gasteiger partial charge >= 0.3 is 5.97 Å². The van der Waals surface area contributed by atoms with E-state index in [1.807, 2.05) is 13.8 Å². The Bertz CT molecular complexity index is 1370. The molecule has 3 saturated heterocycles. The summed E-state index contributed by atoms with van der Waals surface area (Å²) in [5.74, 6) is 0.948. The molecule has 7 fully saturated rings. The average Bonchev–Trinajstić information content (AvgIpc) is 3.66. The van der Waals surface area contributed by atoms with Crippen LogP contribution in [-0.2, 0) is 38.0 Å². The van der Waals surface area contributed by atoms with Crippen molar-refractivity contribution in [3.05, 3.63) is 11.6 Å². The van der Waals surface area contributed by atoms with Crippen molar-refractivity contribution >= 4 is 5.97 Å². The van der Waals surface area contributed by atoms with Gasteiger partial charge in [-0.1, -0.05) is 20.8 Å². The van der Waals surface area contributed by atoms with Gasteiger partial charge in [-0.2, -0.15) is 0 Å². The van der Waals surface area contributed by atoms with E-state index in [9.17, 15) is 30.3 Å². The monoisotopic (exact) mass is 764 g/mol. The molecule has 0 aromatic carbocycles. The van der Waals surface area contributed by atoms with E-state index in [0.29, 0.717) is 24.9 Å². The lowest BCUT2D eigenvalue weighted by Crippen LogP contribution is -2.62. The van der Waals surface area contributed by atoms with Crippen LogP contribution in [0.5, 0.6) is 0 Å². The van der Waals surface area contributed by atoms with Crippen LogP contribution in [0.3, 0.4) is 0 Å². The first-order chi connectivity index (χ1) is 25.6. The number of esters is 1. The van der Waals surface area contributed by atoms with Crippen LogP contribution in [0.1, 0.15) is 112 Å². The second kappa shape index (κ2) is 14.9. The zero-order chi connectivity index (χ0) is 38.3. The largest absolute Gasteiger partial charge is 0.458 e. The van der Waals surface area contributed by atoms with Gasteiger partial charge in [0.05, 0.1) is 36.1 Å². The third-order valence-electron chi connectivity index (χ3n) is 15.9. The molecule has 4 heterocycles. The predicted octanol–water partition coefficient (Wildman–Crippen LogP) is 3.45. The first-order valence-electron chi connectivity index (χ1n) is 20.8. The molecule has 54 heavy (non-hydrogen) atoms. The molecule has 0 radical (unpaired) electrons. The smallest absolute Gasteiger partial charge is 0.331 e. The van der Waals surface area contributed by atoms with E-state index in [1.54, 1.807) is 13.0 Å². The molecular weight excluding hydrogens is 700 g/mol. The Morgan fingerprint density at radius 2 is 1.43 bits per heavy atom. The molecule has 2 unspecified atom stereocenters. The van der Waals surface area contributed by atoms with Crippen LogP contribution >= 0.6 is 0 Å². The van der Waals surface area contributed by atoms with Crippen LogP contribution in [0.25, 0.3) is 0 Å². The van der Waals surface area contributed by atoms with E-state index in [-0.39, 0.29) is 53.5 Å². The standard InChI is InChI=1S/C41H64O13/c1-20-14-32(54-38(46)36(20)52-34-17-29(42)35(45)21(2)49-34)53-37-22(3)50-33(18-30(37)43)51-25-8-11-39(4)24(16-25)6-7-28-27(39)9-12-40(5)26(10-13-41(28,40)47)23-15-31(44)48-19-23/h15,20-22,24-30,32-38,42-43,45-47H,6-14,16-19H2,1-5H3/t20-,21+,22+,24-,25-,26+,27-,28?,29-,30-,32+,33-,34?,35+,36-,37+,38-,39-,40+,41-/m0/s1. The van der Waals surface area contributed by atoms with Crippen LogP contribution < -0.4 is 0 Å². The van der Waals surface area contributed by atoms with E-state index in [2.05, 4.69) is 13.8 Å². The van der Waals surface area contributed by atoms with Gasteiger partial charge in [-0.05, 0) is 112 Å². The molecule has 0 bridgehead atoms. The van der Waals surface area contributed by atoms with Gasteiger partial charge in [0.15, 0.2) is 25.2 Å². The predicted molar refractivity (Wildman–Crippen MR) is 191 cm³/mol. The highest BCUT2D eigenvalue weighted by Crippen LogP contribution is 2.70. The molecule has 306 valence electrons. The molecule has 0 amide bonds. The second-order valence-electron chi connectivity index (χ2n) is 18.8. The van der Waals surface area contributed by atoms with Gasteiger partial charge in [0.1, 0.15) is 24.9 Å². The normalized spacial score (nSPS) is 55.0. The fourth-order valence-corrected chi connectivity index (χ4v) is 12.8. The minimum Gasteiger partial charge on any atom is -0.458 e. The molecule has 4 aliphatic heterocycles. The van der Waals surface area contributed by atoms with Gasteiger partial charge in [0.25, 0.3) is 0 Å². The Morgan fingerprint density at radius 3 is 2.13 bits per heavy atom. The minimum atomic E-state index is -1.31. The quantitative estimate of drug-likeness (QED) is 0.188. The van der Waals surface area contributed by atoms with E-state index < -0.39 is 73.5 Å². The number of ether oxygens (including phenoxy) is 7. The molecule has 0 spiro atoms. The Labute approximate surface area is 319 Å². The van der Waals surface area contributed by atoms with Crippen molar-refractivity contribution in [1.29, 1.82) is 0 Å². The Kier molecular flexibility index (Phi) is 10.9. The topological polar surface area (TPSA) is 183 Å². The van der Waals surface area contributed by atoms with Crippen molar-refractivity contribution in [2.75, 3.05) is 6.61 Å². The molecule has 4 saturated carbocycles. The Morgan fingerprint density at radius 1 is 0.722 bits per heavy atom. The molecule has 13 nitrogen and oxygen atoms in total. The van der Waals surface area contributed by atoms with Crippen molar-refractivity contribution < 1.29 is 63.5 Å². The molecular formula is C41H64O13. The van der Waals surface area contributed by atoms with Crippen LogP contribution in [0, 0.1) is 40.4 Å². The van der Waals surface area contributed by atoms with E-state index >= 15 is 0 Å². The van der Waals surface area contributed by atoms with Gasteiger partial charge in [-0.25, -0.2) is 4.79 Å². The summed E-state index contributed by atoms with van der Waals surface area (Å²) in [7, 11) is 0. The van der Waals surface area contributed by atoms with Crippen molar-refractivity contribution in [1.82, 2.24) is 0 Å². The summed E-state index contributed by atoms with van der Waals surface area (Å²) in [6, 6.07) is 0. The molecule has 0 aromatic rings. The Hall–Kier alpha value is -1.23. The van der Waals surface area contributed by atoms with Crippen LogP contribution in [-0.4, -0.2) is 118 Å². The van der Waals surface area contributed by atoms with Gasteiger partial charge in [0, 0.05) is 30.8 Å². The number of hydrogen-bond acceptors (Lipinski definition) is 13. The van der Waals surface area contributed by atoms with Gasteiger partial charge in [-0.15, -0.1) is 0 Å². The summed E-state index contributed by atoms with van der Waals surface area (Å²) in [6.45, 7) is 10.5. The molecule has 0 aromatic heterocycles. The number of carbonyl (C=O) groups excluding carboxylic acids is 1. The van der Waals surface area contributed by atoms with Crippen LogP contribution in [0.4, 0.5) is 0 Å². The summed E-state index contributed by atoms with van der Waals surface area (Å²) < 4.78 is 41.9. The van der Waals surface area contributed by atoms with E-state index in [1.165, 1.54) is 0 Å². The highest BCUT2D eigenvalue weighted by molar-refractivity contribution is 5.85. The number of cyclic esters (lactones) is 1. The second-order valence-corrected chi connectivity index (χ2v) is 18.8.